The summed E-state index contributed by atoms with van der Waals surface area (Å²) in [5.74, 6) is 0.334. The Balaban J connectivity index is 1.84. The van der Waals surface area contributed by atoms with Crippen LogP contribution in [0.2, 0.25) is 0 Å². The highest BCUT2D eigenvalue weighted by Gasteiger charge is 2.35. The van der Waals surface area contributed by atoms with Crippen molar-refractivity contribution >= 4 is 12.0 Å². The van der Waals surface area contributed by atoms with E-state index >= 15 is 0 Å². The first kappa shape index (κ1) is 25.1. The van der Waals surface area contributed by atoms with Gasteiger partial charge in [-0.3, -0.25) is 9.80 Å². The Morgan fingerprint density at radius 2 is 1.76 bits per heavy atom. The number of ether oxygens (including phenoxy) is 2. The molecule has 0 saturated carbocycles. The SMILES string of the molecule is CCOC(=O)C1=C(CN2CCN([C@@H](C)CC)CC2)NC(=O)N[C@@H]1c1ccc(OC(C)C)cc1. The van der Waals surface area contributed by atoms with Crippen LogP contribution in [0.25, 0.3) is 0 Å². The minimum absolute atomic E-state index is 0.0665. The van der Waals surface area contributed by atoms with E-state index in [-0.39, 0.29) is 18.7 Å². The highest BCUT2D eigenvalue weighted by Crippen LogP contribution is 2.30. The maximum absolute atomic E-state index is 13.0. The van der Waals surface area contributed by atoms with E-state index in [0.29, 0.717) is 23.9 Å². The fourth-order valence-electron chi connectivity index (χ4n) is 4.30. The summed E-state index contributed by atoms with van der Waals surface area (Å²) in [6, 6.07) is 7.16. The number of nitrogens with one attached hydrogen (secondary N) is 2. The number of amides is 2. The third-order valence-electron chi connectivity index (χ3n) is 6.24. The summed E-state index contributed by atoms with van der Waals surface area (Å²) in [7, 11) is 0. The van der Waals surface area contributed by atoms with E-state index in [1.54, 1.807) is 6.92 Å². The molecule has 0 spiro atoms. The normalized spacial score (nSPS) is 20.9. The molecule has 0 aromatic heterocycles. The molecule has 0 unspecified atom stereocenters. The second kappa shape index (κ2) is 11.5. The molecule has 2 N–H and O–H groups in total. The summed E-state index contributed by atoms with van der Waals surface area (Å²) in [6.07, 6.45) is 1.19. The van der Waals surface area contributed by atoms with Crippen LogP contribution in [0.1, 0.15) is 52.6 Å². The monoisotopic (exact) mass is 458 g/mol. The molecular formula is C25H38N4O4. The summed E-state index contributed by atoms with van der Waals surface area (Å²) in [4.78, 5) is 30.3. The number of hydrogen-bond acceptors (Lipinski definition) is 6. The first-order chi connectivity index (χ1) is 15.8. The number of nitrogens with zero attached hydrogens (tertiary/aromatic N) is 2. The first-order valence-electron chi connectivity index (χ1n) is 12.0. The predicted molar refractivity (Wildman–Crippen MR) is 128 cm³/mol. The zero-order valence-electron chi connectivity index (χ0n) is 20.5. The Morgan fingerprint density at radius 1 is 1.09 bits per heavy atom. The summed E-state index contributed by atoms with van der Waals surface area (Å²) >= 11 is 0. The number of benzene rings is 1. The van der Waals surface area contributed by atoms with Crippen molar-refractivity contribution in [1.82, 2.24) is 20.4 Å². The van der Waals surface area contributed by atoms with E-state index < -0.39 is 12.0 Å². The molecule has 2 heterocycles. The topological polar surface area (TPSA) is 83.1 Å². The van der Waals surface area contributed by atoms with Gasteiger partial charge in [-0.15, -0.1) is 0 Å². The van der Waals surface area contributed by atoms with E-state index in [1.807, 2.05) is 38.1 Å². The summed E-state index contributed by atoms with van der Waals surface area (Å²) in [6.45, 7) is 14.7. The smallest absolute Gasteiger partial charge is 0.338 e. The first-order valence-corrected chi connectivity index (χ1v) is 12.0. The molecule has 0 aliphatic carbocycles. The zero-order chi connectivity index (χ0) is 24.0. The Hall–Kier alpha value is -2.58. The third kappa shape index (κ3) is 6.48. The molecule has 1 fully saturated rings. The van der Waals surface area contributed by atoms with Crippen molar-refractivity contribution in [3.05, 3.63) is 41.1 Å². The van der Waals surface area contributed by atoms with Gasteiger partial charge in [-0.1, -0.05) is 19.1 Å². The van der Waals surface area contributed by atoms with Crippen LogP contribution >= 0.6 is 0 Å². The molecule has 8 heteroatoms. The van der Waals surface area contributed by atoms with Crippen LogP contribution in [0.15, 0.2) is 35.5 Å². The molecule has 0 bridgehead atoms. The second-order valence-electron chi connectivity index (χ2n) is 8.95. The van der Waals surface area contributed by atoms with Crippen LogP contribution in [0.4, 0.5) is 4.79 Å². The molecular weight excluding hydrogens is 420 g/mol. The predicted octanol–water partition coefficient (Wildman–Crippen LogP) is 3.06. The van der Waals surface area contributed by atoms with Crippen molar-refractivity contribution in [2.45, 2.75) is 59.2 Å². The summed E-state index contributed by atoms with van der Waals surface area (Å²) in [5, 5.41) is 5.79. The van der Waals surface area contributed by atoms with Gasteiger partial charge in [0, 0.05) is 44.5 Å². The fraction of sp³-hybridized carbons (Fsp3) is 0.600. The lowest BCUT2D eigenvalue weighted by molar-refractivity contribution is -0.139. The fourth-order valence-corrected chi connectivity index (χ4v) is 4.30. The highest BCUT2D eigenvalue weighted by atomic mass is 16.5. The molecule has 3 rings (SSSR count). The number of carbonyl (C=O) groups is 2. The van der Waals surface area contributed by atoms with Crippen molar-refractivity contribution in [1.29, 1.82) is 0 Å². The molecule has 33 heavy (non-hydrogen) atoms. The summed E-state index contributed by atoms with van der Waals surface area (Å²) in [5.41, 5.74) is 1.88. The van der Waals surface area contributed by atoms with Crippen molar-refractivity contribution in [2.75, 3.05) is 39.3 Å². The Morgan fingerprint density at radius 3 is 2.33 bits per heavy atom. The van der Waals surface area contributed by atoms with Crippen LogP contribution in [0, 0.1) is 0 Å². The molecule has 2 atom stereocenters. The average molecular weight is 459 g/mol. The Labute approximate surface area is 197 Å². The van der Waals surface area contributed by atoms with Gasteiger partial charge in [0.2, 0.25) is 0 Å². The van der Waals surface area contributed by atoms with E-state index in [9.17, 15) is 9.59 Å². The van der Waals surface area contributed by atoms with E-state index in [4.69, 9.17) is 9.47 Å². The minimum atomic E-state index is -0.581. The molecule has 182 valence electrons. The molecule has 2 aliphatic rings. The quantitative estimate of drug-likeness (QED) is 0.554. The number of esters is 1. The number of carbonyl (C=O) groups excluding carboxylic acids is 2. The van der Waals surface area contributed by atoms with Crippen molar-refractivity contribution in [3.63, 3.8) is 0 Å². The zero-order valence-corrected chi connectivity index (χ0v) is 20.5. The molecule has 1 aromatic rings. The standard InChI is InChI=1S/C25H38N4O4/c1-6-18(5)29-14-12-28(13-15-29)16-21-22(24(30)32-7-2)23(27-25(31)26-21)19-8-10-20(11-9-19)33-17(3)4/h8-11,17-18,23H,6-7,12-16H2,1-5H3,(H2,26,27,31)/t18-,23+/m0/s1. The number of rotatable bonds is 9. The van der Waals surface area contributed by atoms with Crippen molar-refractivity contribution in [2.24, 2.45) is 0 Å². The molecule has 2 aliphatic heterocycles. The second-order valence-corrected chi connectivity index (χ2v) is 8.95. The lowest BCUT2D eigenvalue weighted by atomic mass is 9.94. The van der Waals surface area contributed by atoms with Crippen molar-refractivity contribution in [3.8, 4) is 5.75 Å². The van der Waals surface area contributed by atoms with Gasteiger partial charge in [0.1, 0.15) is 5.75 Å². The van der Waals surface area contributed by atoms with Crippen molar-refractivity contribution < 1.29 is 19.1 Å². The molecule has 1 aromatic carbocycles. The van der Waals surface area contributed by atoms with Gasteiger partial charge < -0.3 is 20.1 Å². The largest absolute Gasteiger partial charge is 0.491 e. The average Bonchev–Trinajstić information content (AvgIpc) is 2.79. The van der Waals surface area contributed by atoms with Crippen LogP contribution < -0.4 is 15.4 Å². The maximum atomic E-state index is 13.0. The third-order valence-corrected chi connectivity index (χ3v) is 6.24. The Kier molecular flexibility index (Phi) is 8.74. The lowest BCUT2D eigenvalue weighted by Gasteiger charge is -2.39. The highest BCUT2D eigenvalue weighted by molar-refractivity contribution is 5.95. The van der Waals surface area contributed by atoms with Gasteiger partial charge in [0.05, 0.1) is 24.3 Å². The van der Waals surface area contributed by atoms with E-state index in [1.165, 1.54) is 0 Å². The van der Waals surface area contributed by atoms with Gasteiger partial charge in [0.15, 0.2) is 0 Å². The van der Waals surface area contributed by atoms with Crippen LogP contribution in [-0.2, 0) is 9.53 Å². The van der Waals surface area contributed by atoms with Gasteiger partial charge in [-0.2, -0.15) is 0 Å². The maximum Gasteiger partial charge on any atom is 0.338 e. The molecule has 8 nitrogen and oxygen atoms in total. The van der Waals surface area contributed by atoms with Gasteiger partial charge in [-0.25, -0.2) is 9.59 Å². The number of urea groups is 1. The summed E-state index contributed by atoms with van der Waals surface area (Å²) < 4.78 is 11.1. The minimum Gasteiger partial charge on any atom is -0.491 e. The van der Waals surface area contributed by atoms with Gasteiger partial charge in [-0.05, 0) is 51.8 Å². The number of hydrogen-bond donors (Lipinski definition) is 2. The van der Waals surface area contributed by atoms with Gasteiger partial charge in [0.25, 0.3) is 0 Å². The molecule has 1 saturated heterocycles. The van der Waals surface area contributed by atoms with Gasteiger partial charge >= 0.3 is 12.0 Å². The van der Waals surface area contributed by atoms with Crippen LogP contribution in [0.3, 0.4) is 0 Å². The molecule has 0 radical (unpaired) electrons. The Bertz CT molecular complexity index is 844. The molecule has 2 amide bonds. The van der Waals surface area contributed by atoms with Crippen LogP contribution in [-0.4, -0.2) is 73.3 Å². The lowest BCUT2D eigenvalue weighted by Crippen LogP contribution is -2.53. The van der Waals surface area contributed by atoms with Crippen LogP contribution in [0.5, 0.6) is 5.75 Å². The number of piperazine rings is 1. The van der Waals surface area contributed by atoms with E-state index in [0.717, 1.165) is 43.9 Å². The van der Waals surface area contributed by atoms with E-state index in [2.05, 4.69) is 34.3 Å².